The van der Waals surface area contributed by atoms with Crippen LogP contribution in [0.4, 0.5) is 0 Å². The van der Waals surface area contributed by atoms with Gasteiger partial charge in [0.25, 0.3) is 0 Å². The molecule has 1 saturated heterocycles. The predicted molar refractivity (Wildman–Crippen MR) is 139 cm³/mol. The highest BCUT2D eigenvalue weighted by Gasteiger charge is 2.36. The van der Waals surface area contributed by atoms with Gasteiger partial charge in [-0.2, -0.15) is 0 Å². The van der Waals surface area contributed by atoms with Crippen LogP contribution in [0.5, 0.6) is 5.75 Å². The third-order valence-corrected chi connectivity index (χ3v) is 9.01. The predicted octanol–water partition coefficient (Wildman–Crippen LogP) is 4.70. The van der Waals surface area contributed by atoms with Crippen molar-refractivity contribution in [2.24, 2.45) is 11.8 Å². The van der Waals surface area contributed by atoms with E-state index in [4.69, 9.17) is 0 Å². The van der Waals surface area contributed by atoms with E-state index in [2.05, 4.69) is 29.3 Å². The summed E-state index contributed by atoms with van der Waals surface area (Å²) < 4.78 is 0. The Morgan fingerprint density at radius 3 is 2.53 bits per heavy atom. The first-order valence-electron chi connectivity index (χ1n) is 12.7. The van der Waals surface area contributed by atoms with Gasteiger partial charge in [-0.05, 0) is 62.3 Å². The van der Waals surface area contributed by atoms with Crippen molar-refractivity contribution in [2.45, 2.75) is 75.3 Å². The molecule has 6 atom stereocenters. The lowest BCUT2D eigenvalue weighted by Crippen LogP contribution is -2.54. The molecule has 2 fully saturated rings. The molecule has 2 aromatic carbocycles. The van der Waals surface area contributed by atoms with Crippen molar-refractivity contribution in [3.8, 4) is 5.75 Å². The van der Waals surface area contributed by atoms with Gasteiger partial charge in [-0.1, -0.05) is 49.6 Å². The third kappa shape index (κ3) is 6.35. The second kappa shape index (κ2) is 11.9. The Hall–Kier alpha value is -1.57. The highest BCUT2D eigenvalue weighted by Crippen LogP contribution is 2.38. The minimum atomic E-state index is -0.968. The van der Waals surface area contributed by atoms with Gasteiger partial charge >= 0.3 is 0 Å². The number of phenols is 1. The Morgan fingerprint density at radius 2 is 1.76 bits per heavy atom. The Labute approximate surface area is 208 Å². The van der Waals surface area contributed by atoms with Crippen molar-refractivity contribution in [1.29, 1.82) is 0 Å². The van der Waals surface area contributed by atoms with Crippen molar-refractivity contribution in [3.63, 3.8) is 0 Å². The monoisotopic (exact) mass is 484 g/mol. The lowest BCUT2D eigenvalue weighted by Gasteiger charge is -2.46. The number of thioether (sulfide) groups is 1. The molecule has 4 N–H and O–H groups in total. The minimum Gasteiger partial charge on any atom is -0.508 e. The van der Waals surface area contributed by atoms with Gasteiger partial charge in [0.15, 0.2) is 0 Å². The Morgan fingerprint density at radius 1 is 1.03 bits per heavy atom. The zero-order valence-electron chi connectivity index (χ0n) is 20.4. The molecule has 0 spiro atoms. The van der Waals surface area contributed by atoms with Gasteiger partial charge in [-0.3, -0.25) is 10.2 Å². The van der Waals surface area contributed by atoms with Crippen LogP contribution < -0.4 is 5.32 Å². The number of nitrogens with one attached hydrogen (secondary N) is 1. The van der Waals surface area contributed by atoms with Crippen LogP contribution in [-0.4, -0.2) is 57.2 Å². The van der Waals surface area contributed by atoms with Crippen molar-refractivity contribution in [2.75, 3.05) is 18.8 Å². The van der Waals surface area contributed by atoms with Gasteiger partial charge in [0.1, 0.15) is 12.0 Å². The van der Waals surface area contributed by atoms with Crippen molar-refractivity contribution in [1.82, 2.24) is 10.2 Å². The van der Waals surface area contributed by atoms with E-state index in [9.17, 15) is 15.3 Å². The number of rotatable bonds is 9. The standard InChI is InChI=1S/C28H40N2O3S/c1-19-15-21-9-6-7-10-22(21)16-30(19)17-27(32)25(18-34-23-11-4-3-5-12-23)29-28(33)24-13-8-14-26(31)20(24)2/h3-5,8,11-14,19,21-22,25,27-29,31-33H,6-7,9-10,15-18H2,1-2H3/t19-,21?,22?,25+,27?,28?/m1/s1. The smallest absolute Gasteiger partial charge is 0.131 e. The van der Waals surface area contributed by atoms with Crippen LogP contribution in [0.3, 0.4) is 0 Å². The topological polar surface area (TPSA) is 76.0 Å². The number of fused-ring (bicyclic) bond motifs is 1. The first kappa shape index (κ1) is 25.5. The lowest BCUT2D eigenvalue weighted by molar-refractivity contribution is -0.00249. The number of nitrogens with zero attached hydrogens (tertiary/aromatic N) is 1. The third-order valence-electron chi connectivity index (χ3n) is 7.88. The molecule has 186 valence electrons. The Kier molecular flexibility index (Phi) is 8.94. The number of benzene rings is 2. The van der Waals surface area contributed by atoms with E-state index < -0.39 is 12.3 Å². The van der Waals surface area contributed by atoms with E-state index in [0.29, 0.717) is 29.5 Å². The number of hydrogen-bond acceptors (Lipinski definition) is 6. The summed E-state index contributed by atoms with van der Waals surface area (Å²) in [6.07, 6.45) is 5.00. The minimum absolute atomic E-state index is 0.165. The van der Waals surface area contributed by atoms with Crippen molar-refractivity contribution >= 4 is 11.8 Å². The molecule has 5 nitrogen and oxygen atoms in total. The van der Waals surface area contributed by atoms with E-state index in [-0.39, 0.29) is 11.8 Å². The molecule has 4 rings (SSSR count). The summed E-state index contributed by atoms with van der Waals surface area (Å²) in [4.78, 5) is 3.60. The van der Waals surface area contributed by atoms with Crippen LogP contribution in [0.25, 0.3) is 0 Å². The molecule has 4 unspecified atom stereocenters. The quantitative estimate of drug-likeness (QED) is 0.305. The molecule has 6 heteroatoms. The Balaban J connectivity index is 1.45. The maximum Gasteiger partial charge on any atom is 0.131 e. The number of aromatic hydroxyl groups is 1. The highest BCUT2D eigenvalue weighted by atomic mass is 32.2. The van der Waals surface area contributed by atoms with E-state index in [1.165, 1.54) is 32.1 Å². The molecule has 0 bridgehead atoms. The van der Waals surface area contributed by atoms with Gasteiger partial charge in [-0.15, -0.1) is 11.8 Å². The summed E-state index contributed by atoms with van der Waals surface area (Å²) in [7, 11) is 0. The van der Waals surface area contributed by atoms with Crippen LogP contribution in [0.15, 0.2) is 53.4 Å². The molecule has 2 aliphatic rings. The fourth-order valence-corrected chi connectivity index (χ4v) is 6.77. The maximum absolute atomic E-state index is 11.4. The van der Waals surface area contributed by atoms with Crippen LogP contribution in [-0.2, 0) is 0 Å². The SMILES string of the molecule is Cc1c(O)cccc1C(O)N[C@@H](CSc1ccccc1)C(O)CN1CC2CCCCC2C[C@H]1C. The maximum atomic E-state index is 11.4. The molecule has 0 radical (unpaired) electrons. The highest BCUT2D eigenvalue weighted by molar-refractivity contribution is 7.99. The average molecular weight is 485 g/mol. The fourth-order valence-electron chi connectivity index (χ4n) is 5.73. The van der Waals surface area contributed by atoms with Crippen LogP contribution in [0.2, 0.25) is 0 Å². The first-order chi connectivity index (χ1) is 16.4. The van der Waals surface area contributed by atoms with Gasteiger partial charge in [-0.25, -0.2) is 0 Å². The second-order valence-corrected chi connectivity index (χ2v) is 11.3. The molecular formula is C28H40N2O3S. The number of hydrogen-bond donors (Lipinski definition) is 4. The lowest BCUT2D eigenvalue weighted by atomic mass is 9.73. The summed E-state index contributed by atoms with van der Waals surface area (Å²) in [6, 6.07) is 15.5. The van der Waals surface area contributed by atoms with Crippen LogP contribution in [0, 0.1) is 18.8 Å². The van der Waals surface area contributed by atoms with Crippen molar-refractivity contribution < 1.29 is 15.3 Å². The number of piperidine rings is 1. The molecule has 0 aromatic heterocycles. The van der Waals surface area contributed by atoms with Crippen molar-refractivity contribution in [3.05, 3.63) is 59.7 Å². The molecule has 1 aliphatic heterocycles. The number of phenolic OH excluding ortho intramolecular Hbond substituents is 1. The fraction of sp³-hybridized carbons (Fsp3) is 0.571. The van der Waals surface area contributed by atoms with Gasteiger partial charge < -0.3 is 15.3 Å². The molecule has 2 aromatic rings. The van der Waals surface area contributed by atoms with Gasteiger partial charge in [0, 0.05) is 41.4 Å². The summed E-state index contributed by atoms with van der Waals surface area (Å²) in [5, 5.41) is 35.8. The summed E-state index contributed by atoms with van der Waals surface area (Å²) in [5.74, 6) is 2.39. The molecule has 34 heavy (non-hydrogen) atoms. The van der Waals surface area contributed by atoms with Gasteiger partial charge in [0.2, 0.25) is 0 Å². The summed E-state index contributed by atoms with van der Waals surface area (Å²) in [6.45, 7) is 5.76. The molecule has 0 amide bonds. The second-order valence-electron chi connectivity index (χ2n) is 10.2. The average Bonchev–Trinajstić information content (AvgIpc) is 2.84. The zero-order valence-corrected chi connectivity index (χ0v) is 21.3. The number of likely N-dealkylation sites (tertiary alicyclic amines) is 1. The first-order valence-corrected chi connectivity index (χ1v) is 13.7. The van der Waals surface area contributed by atoms with Crippen LogP contribution >= 0.6 is 11.8 Å². The number of aliphatic hydroxyl groups excluding tert-OH is 2. The largest absolute Gasteiger partial charge is 0.508 e. The van der Waals surface area contributed by atoms with Gasteiger partial charge in [0.05, 0.1) is 6.10 Å². The van der Waals surface area contributed by atoms with E-state index >= 15 is 0 Å². The normalized spacial score (nSPS) is 25.9. The molecular weight excluding hydrogens is 444 g/mol. The molecule has 1 heterocycles. The number of β-amino-alcohol motifs (C(OH)–C–C–N with tert-alkyl or cyclic N) is 1. The summed E-state index contributed by atoms with van der Waals surface area (Å²) >= 11 is 1.68. The molecule has 1 saturated carbocycles. The Bertz CT molecular complexity index is 912. The zero-order chi connectivity index (χ0) is 24.1. The molecule has 1 aliphatic carbocycles. The summed E-state index contributed by atoms with van der Waals surface area (Å²) in [5.41, 5.74) is 1.29. The van der Waals surface area contributed by atoms with E-state index in [1.54, 1.807) is 30.8 Å². The van der Waals surface area contributed by atoms with E-state index in [1.807, 2.05) is 24.3 Å². The number of aliphatic hydroxyl groups is 2. The van der Waals surface area contributed by atoms with Crippen LogP contribution in [0.1, 0.15) is 56.4 Å². The van der Waals surface area contributed by atoms with E-state index in [0.717, 1.165) is 23.3 Å².